The summed E-state index contributed by atoms with van der Waals surface area (Å²) < 4.78 is 31.2. The zero-order valence-corrected chi connectivity index (χ0v) is 22.8. The van der Waals surface area contributed by atoms with Gasteiger partial charge in [0, 0.05) is 31.5 Å². The van der Waals surface area contributed by atoms with E-state index in [1.165, 1.54) is 18.2 Å². The van der Waals surface area contributed by atoms with Crippen LogP contribution in [0.25, 0.3) is 11.1 Å². The highest BCUT2D eigenvalue weighted by molar-refractivity contribution is 5.91. The van der Waals surface area contributed by atoms with E-state index in [0.29, 0.717) is 43.8 Å². The van der Waals surface area contributed by atoms with Crippen LogP contribution in [0.2, 0.25) is 0 Å². The minimum atomic E-state index is -0.627. The van der Waals surface area contributed by atoms with E-state index < -0.39 is 17.5 Å². The van der Waals surface area contributed by atoms with Gasteiger partial charge in [-0.2, -0.15) is 0 Å². The van der Waals surface area contributed by atoms with Crippen LogP contribution in [0.4, 0.5) is 19.7 Å². The summed E-state index contributed by atoms with van der Waals surface area (Å²) in [5, 5.41) is 2.77. The number of piperidine rings is 1. The lowest BCUT2D eigenvalue weighted by Gasteiger charge is -2.33. The van der Waals surface area contributed by atoms with Crippen LogP contribution in [0.15, 0.2) is 66.7 Å². The summed E-state index contributed by atoms with van der Waals surface area (Å²) in [6.07, 6.45) is -0.318. The molecule has 39 heavy (non-hydrogen) atoms. The maximum atomic E-state index is 14.2. The molecule has 0 atom stereocenters. The van der Waals surface area contributed by atoms with E-state index in [4.69, 9.17) is 14.2 Å². The number of likely N-dealkylation sites (tertiary alicyclic amines) is 1. The molecule has 2 amide bonds. The van der Waals surface area contributed by atoms with E-state index in [1.54, 1.807) is 4.90 Å². The van der Waals surface area contributed by atoms with Gasteiger partial charge in [0.1, 0.15) is 29.9 Å². The Bertz CT molecular complexity index is 1300. The van der Waals surface area contributed by atoms with Crippen LogP contribution >= 0.6 is 0 Å². The minimum absolute atomic E-state index is 0.337. The van der Waals surface area contributed by atoms with Crippen molar-refractivity contribution < 1.29 is 28.2 Å². The molecule has 0 saturated carbocycles. The number of anilines is 1. The molecule has 1 fully saturated rings. The summed E-state index contributed by atoms with van der Waals surface area (Å²) in [7, 11) is 0. The number of amides is 2. The Morgan fingerprint density at radius 2 is 1.72 bits per heavy atom. The van der Waals surface area contributed by atoms with Crippen molar-refractivity contribution in [1.29, 1.82) is 0 Å². The number of hydrogen-bond acceptors (Lipinski definition) is 5. The van der Waals surface area contributed by atoms with Crippen molar-refractivity contribution in [3.8, 4) is 16.9 Å². The lowest BCUT2D eigenvalue weighted by molar-refractivity contribution is 0.00793. The fourth-order valence-corrected chi connectivity index (χ4v) is 4.35. The Hall–Kier alpha value is -4.07. The zero-order valence-electron chi connectivity index (χ0n) is 22.8. The number of rotatable bonds is 6. The van der Waals surface area contributed by atoms with Crippen molar-refractivity contribution in [3.05, 3.63) is 83.7 Å². The zero-order chi connectivity index (χ0) is 28.0. The molecule has 0 aromatic heterocycles. The average molecular weight is 535 g/mol. The second kappa shape index (κ2) is 12.2. The highest BCUT2D eigenvalue weighted by Gasteiger charge is 2.28. The van der Waals surface area contributed by atoms with Crippen LogP contribution in [0.3, 0.4) is 0 Å². The molecular formula is C31H35FN2O5. The fraction of sp³-hybridized carbons (Fsp3) is 0.355. The monoisotopic (exact) mass is 534 g/mol. The maximum Gasteiger partial charge on any atom is 0.411 e. The Morgan fingerprint density at radius 1 is 1.00 bits per heavy atom. The van der Waals surface area contributed by atoms with Crippen molar-refractivity contribution in [2.75, 3.05) is 18.4 Å². The van der Waals surface area contributed by atoms with Gasteiger partial charge in [-0.1, -0.05) is 36.4 Å². The SMILES string of the molecule is Cc1cc(-c2cc(F)ccc2NC(=O)OC2CCN(C(=O)OC(C)(C)C)CC2)ccc1OCc1ccccc1. The molecule has 1 saturated heterocycles. The highest BCUT2D eigenvalue weighted by Crippen LogP contribution is 2.33. The predicted molar refractivity (Wildman–Crippen MR) is 148 cm³/mol. The van der Waals surface area contributed by atoms with Gasteiger partial charge >= 0.3 is 12.2 Å². The van der Waals surface area contributed by atoms with Crippen molar-refractivity contribution in [2.24, 2.45) is 0 Å². The summed E-state index contributed by atoms with van der Waals surface area (Å²) >= 11 is 0. The number of benzene rings is 3. The molecule has 1 N–H and O–H groups in total. The molecule has 1 heterocycles. The number of hydrogen-bond donors (Lipinski definition) is 1. The van der Waals surface area contributed by atoms with Crippen LogP contribution in [0.1, 0.15) is 44.7 Å². The maximum absolute atomic E-state index is 14.2. The number of ether oxygens (including phenoxy) is 3. The van der Waals surface area contributed by atoms with Crippen LogP contribution in [0, 0.1) is 12.7 Å². The molecule has 8 heteroatoms. The number of nitrogens with one attached hydrogen (secondary N) is 1. The van der Waals surface area contributed by atoms with E-state index in [-0.39, 0.29) is 12.2 Å². The normalized spacial score (nSPS) is 14.0. The first-order chi connectivity index (χ1) is 18.6. The molecule has 7 nitrogen and oxygen atoms in total. The van der Waals surface area contributed by atoms with Gasteiger partial charge in [-0.25, -0.2) is 14.0 Å². The second-order valence-electron chi connectivity index (χ2n) is 10.6. The molecule has 206 valence electrons. The first-order valence-electron chi connectivity index (χ1n) is 13.1. The van der Waals surface area contributed by atoms with Gasteiger partial charge in [0.25, 0.3) is 0 Å². The minimum Gasteiger partial charge on any atom is -0.489 e. The van der Waals surface area contributed by atoms with Crippen molar-refractivity contribution in [3.63, 3.8) is 0 Å². The molecule has 4 rings (SSSR count). The van der Waals surface area contributed by atoms with E-state index in [1.807, 2.05) is 76.2 Å². The number of aryl methyl sites for hydroxylation is 1. The summed E-state index contributed by atoms with van der Waals surface area (Å²) in [5.74, 6) is 0.311. The van der Waals surface area contributed by atoms with Crippen molar-refractivity contribution in [1.82, 2.24) is 4.90 Å². The van der Waals surface area contributed by atoms with Gasteiger partial charge in [0.2, 0.25) is 0 Å². The van der Waals surface area contributed by atoms with Crippen LogP contribution in [-0.4, -0.2) is 41.9 Å². The van der Waals surface area contributed by atoms with Gasteiger partial charge in [-0.15, -0.1) is 0 Å². The molecule has 0 bridgehead atoms. The van der Waals surface area contributed by atoms with E-state index in [9.17, 15) is 14.0 Å². The molecule has 0 radical (unpaired) electrons. The Morgan fingerprint density at radius 3 is 2.38 bits per heavy atom. The summed E-state index contributed by atoms with van der Waals surface area (Å²) in [6.45, 7) is 8.71. The second-order valence-corrected chi connectivity index (χ2v) is 10.6. The largest absolute Gasteiger partial charge is 0.489 e. The van der Waals surface area contributed by atoms with E-state index >= 15 is 0 Å². The van der Waals surface area contributed by atoms with Gasteiger partial charge < -0.3 is 19.1 Å². The first kappa shape index (κ1) is 28.0. The van der Waals surface area contributed by atoms with Gasteiger partial charge in [0.05, 0.1) is 5.69 Å². The number of carbonyl (C=O) groups is 2. The van der Waals surface area contributed by atoms with E-state index in [2.05, 4.69) is 5.32 Å². The third-order valence-electron chi connectivity index (χ3n) is 6.31. The lowest BCUT2D eigenvalue weighted by Crippen LogP contribution is -2.44. The predicted octanol–water partition coefficient (Wildman–Crippen LogP) is 7.33. The van der Waals surface area contributed by atoms with Crippen molar-refractivity contribution >= 4 is 17.9 Å². The highest BCUT2D eigenvalue weighted by atomic mass is 19.1. The van der Waals surface area contributed by atoms with Gasteiger partial charge in [-0.3, -0.25) is 5.32 Å². The topological polar surface area (TPSA) is 77.1 Å². The average Bonchev–Trinajstić information content (AvgIpc) is 2.89. The quantitative estimate of drug-likeness (QED) is 0.358. The van der Waals surface area contributed by atoms with Gasteiger partial charge in [-0.05, 0) is 74.7 Å². The third kappa shape index (κ3) is 7.96. The summed E-state index contributed by atoms with van der Waals surface area (Å²) in [4.78, 5) is 26.6. The van der Waals surface area contributed by atoms with E-state index in [0.717, 1.165) is 22.4 Å². The Balaban J connectivity index is 1.37. The van der Waals surface area contributed by atoms with Crippen LogP contribution in [0.5, 0.6) is 5.75 Å². The smallest absolute Gasteiger partial charge is 0.411 e. The molecule has 0 spiro atoms. The standard InChI is InChI=1S/C31H35FN2O5/c1-21-18-23(10-13-28(21)37-20-22-8-6-5-7-9-22)26-19-24(32)11-12-27(26)33-29(35)38-25-14-16-34(17-15-25)30(36)39-31(2,3)4/h5-13,18-19,25H,14-17,20H2,1-4H3,(H,33,35). The molecule has 0 aliphatic carbocycles. The fourth-order valence-electron chi connectivity index (χ4n) is 4.35. The Kier molecular flexibility index (Phi) is 8.74. The van der Waals surface area contributed by atoms with Crippen LogP contribution in [-0.2, 0) is 16.1 Å². The molecular weight excluding hydrogens is 499 g/mol. The summed E-state index contributed by atoms with van der Waals surface area (Å²) in [5.41, 5.74) is 3.09. The molecule has 0 unspecified atom stereocenters. The molecule has 1 aliphatic heterocycles. The molecule has 3 aromatic rings. The summed E-state index contributed by atoms with van der Waals surface area (Å²) in [6, 6.07) is 19.7. The lowest BCUT2D eigenvalue weighted by atomic mass is 10.0. The van der Waals surface area contributed by atoms with Crippen LogP contribution < -0.4 is 10.1 Å². The Labute approximate surface area is 228 Å². The number of carbonyl (C=O) groups excluding carboxylic acids is 2. The first-order valence-corrected chi connectivity index (χ1v) is 13.1. The third-order valence-corrected chi connectivity index (χ3v) is 6.31. The molecule has 3 aromatic carbocycles. The molecule has 1 aliphatic rings. The number of nitrogens with zero attached hydrogens (tertiary/aromatic N) is 1. The number of halogens is 1. The van der Waals surface area contributed by atoms with Crippen molar-refractivity contribution in [2.45, 2.75) is 58.8 Å². The van der Waals surface area contributed by atoms with Gasteiger partial charge in [0.15, 0.2) is 0 Å².